The van der Waals surface area contributed by atoms with E-state index < -0.39 is 0 Å². The Balaban J connectivity index is 1.97. The van der Waals surface area contributed by atoms with Crippen LogP contribution < -0.4 is 9.64 Å². The van der Waals surface area contributed by atoms with Gasteiger partial charge in [-0.15, -0.1) is 0 Å². The van der Waals surface area contributed by atoms with Crippen molar-refractivity contribution >= 4 is 5.91 Å². The van der Waals surface area contributed by atoms with Crippen molar-refractivity contribution in [2.45, 2.75) is 26.3 Å². The van der Waals surface area contributed by atoms with Gasteiger partial charge in [-0.3, -0.25) is 4.79 Å². The minimum Gasteiger partial charge on any atom is -0.497 e. The van der Waals surface area contributed by atoms with Crippen molar-refractivity contribution in [2.24, 2.45) is 0 Å². The third kappa shape index (κ3) is 3.31. The van der Waals surface area contributed by atoms with Gasteiger partial charge in [-0.25, -0.2) is 0 Å². The number of hydrogen-bond donors (Lipinski definition) is 1. The standard InChI is InChI=1S/C16H24N2O2/c1-4-13(2)17-8-10-18(11-9-17)16(19)14-6-5-7-15(12-14)20-3/h5-7,12-13H,4,8-11H2,1-3H3/p+1/t13-/m0/s1. The molecule has 1 amide bonds. The van der Waals surface area contributed by atoms with Crippen LogP contribution in [0.15, 0.2) is 24.3 Å². The zero-order chi connectivity index (χ0) is 14.5. The predicted octanol–water partition coefficient (Wildman–Crippen LogP) is 0.834. The number of methoxy groups -OCH3 is 1. The summed E-state index contributed by atoms with van der Waals surface area (Å²) in [7, 11) is 1.62. The lowest BCUT2D eigenvalue weighted by molar-refractivity contribution is -0.927. The number of quaternary nitrogens is 1. The van der Waals surface area contributed by atoms with E-state index in [4.69, 9.17) is 4.74 Å². The topological polar surface area (TPSA) is 34.0 Å². The Kier molecular flexibility index (Phi) is 5.01. The van der Waals surface area contributed by atoms with Crippen molar-refractivity contribution in [3.63, 3.8) is 0 Å². The van der Waals surface area contributed by atoms with Gasteiger partial charge in [0.25, 0.3) is 5.91 Å². The molecule has 1 aliphatic heterocycles. The van der Waals surface area contributed by atoms with Crippen LogP contribution in [0, 0.1) is 0 Å². The van der Waals surface area contributed by atoms with Gasteiger partial charge in [0.2, 0.25) is 0 Å². The van der Waals surface area contributed by atoms with E-state index in [1.807, 2.05) is 29.2 Å². The molecule has 1 N–H and O–H groups in total. The fourth-order valence-electron chi connectivity index (χ4n) is 2.72. The average molecular weight is 277 g/mol. The molecule has 0 aromatic heterocycles. The minimum atomic E-state index is 0.118. The van der Waals surface area contributed by atoms with Crippen LogP contribution in [-0.2, 0) is 0 Å². The summed E-state index contributed by atoms with van der Waals surface area (Å²) in [6, 6.07) is 8.09. The van der Waals surface area contributed by atoms with Gasteiger partial charge < -0.3 is 14.5 Å². The fourth-order valence-corrected chi connectivity index (χ4v) is 2.72. The molecule has 1 aliphatic rings. The molecule has 0 aliphatic carbocycles. The number of rotatable bonds is 4. The van der Waals surface area contributed by atoms with E-state index >= 15 is 0 Å². The summed E-state index contributed by atoms with van der Waals surface area (Å²) >= 11 is 0. The Bertz CT molecular complexity index is 454. The maximum absolute atomic E-state index is 12.5. The molecular formula is C16H25N2O2+. The van der Waals surface area contributed by atoms with E-state index in [0.717, 1.165) is 37.5 Å². The molecule has 0 bridgehead atoms. The van der Waals surface area contributed by atoms with Gasteiger partial charge in [-0.1, -0.05) is 13.0 Å². The zero-order valence-corrected chi connectivity index (χ0v) is 12.7. The van der Waals surface area contributed by atoms with Crippen molar-refractivity contribution in [3.05, 3.63) is 29.8 Å². The monoisotopic (exact) mass is 277 g/mol. The van der Waals surface area contributed by atoms with Crippen molar-refractivity contribution < 1.29 is 14.4 Å². The highest BCUT2D eigenvalue weighted by Crippen LogP contribution is 2.14. The molecule has 1 heterocycles. The highest BCUT2D eigenvalue weighted by molar-refractivity contribution is 5.94. The van der Waals surface area contributed by atoms with Crippen molar-refractivity contribution in [1.82, 2.24) is 4.90 Å². The highest BCUT2D eigenvalue weighted by Gasteiger charge is 2.26. The second-order valence-electron chi connectivity index (χ2n) is 5.49. The van der Waals surface area contributed by atoms with Gasteiger partial charge in [0.05, 0.1) is 39.3 Å². The number of ether oxygens (including phenoxy) is 1. The van der Waals surface area contributed by atoms with Crippen molar-refractivity contribution in [2.75, 3.05) is 33.3 Å². The molecule has 1 atom stereocenters. The largest absolute Gasteiger partial charge is 0.497 e. The number of nitrogens with one attached hydrogen (secondary N) is 1. The number of benzene rings is 1. The Hall–Kier alpha value is -1.55. The van der Waals surface area contributed by atoms with E-state index in [9.17, 15) is 4.79 Å². The molecule has 0 unspecified atom stereocenters. The van der Waals surface area contributed by atoms with Gasteiger partial charge in [-0.2, -0.15) is 0 Å². The quantitative estimate of drug-likeness (QED) is 0.885. The maximum atomic E-state index is 12.5. The van der Waals surface area contributed by atoms with E-state index in [-0.39, 0.29) is 5.91 Å². The molecule has 2 rings (SSSR count). The molecule has 110 valence electrons. The van der Waals surface area contributed by atoms with Crippen LogP contribution in [0.3, 0.4) is 0 Å². The second-order valence-corrected chi connectivity index (χ2v) is 5.49. The van der Waals surface area contributed by atoms with E-state index in [2.05, 4.69) is 13.8 Å². The van der Waals surface area contributed by atoms with Crippen molar-refractivity contribution in [1.29, 1.82) is 0 Å². The van der Waals surface area contributed by atoms with Crippen LogP contribution in [-0.4, -0.2) is 50.1 Å². The van der Waals surface area contributed by atoms with Gasteiger partial charge in [0.1, 0.15) is 5.75 Å². The van der Waals surface area contributed by atoms with Crippen LogP contribution in [0.4, 0.5) is 0 Å². The lowest BCUT2D eigenvalue weighted by Gasteiger charge is -2.35. The third-order valence-corrected chi connectivity index (χ3v) is 4.32. The van der Waals surface area contributed by atoms with Gasteiger partial charge in [0, 0.05) is 5.56 Å². The molecule has 4 heteroatoms. The Labute approximate surface area is 121 Å². The number of hydrogen-bond acceptors (Lipinski definition) is 2. The average Bonchev–Trinajstić information content (AvgIpc) is 2.53. The van der Waals surface area contributed by atoms with E-state index in [0.29, 0.717) is 6.04 Å². The number of nitrogens with zero attached hydrogens (tertiary/aromatic N) is 1. The van der Waals surface area contributed by atoms with Crippen LogP contribution >= 0.6 is 0 Å². The molecule has 0 saturated carbocycles. The summed E-state index contributed by atoms with van der Waals surface area (Å²) in [5, 5.41) is 0. The van der Waals surface area contributed by atoms with Crippen LogP contribution in [0.2, 0.25) is 0 Å². The lowest BCUT2D eigenvalue weighted by atomic mass is 10.1. The molecule has 4 nitrogen and oxygen atoms in total. The molecule has 1 saturated heterocycles. The minimum absolute atomic E-state index is 0.118. The van der Waals surface area contributed by atoms with Gasteiger partial charge in [-0.05, 0) is 31.5 Å². The fraction of sp³-hybridized carbons (Fsp3) is 0.562. The summed E-state index contributed by atoms with van der Waals surface area (Å²) in [6.07, 6.45) is 1.19. The molecule has 20 heavy (non-hydrogen) atoms. The van der Waals surface area contributed by atoms with Crippen LogP contribution in [0.25, 0.3) is 0 Å². The number of piperazine rings is 1. The van der Waals surface area contributed by atoms with Crippen molar-refractivity contribution in [3.8, 4) is 5.75 Å². The Morgan fingerprint density at radius 2 is 2.10 bits per heavy atom. The molecule has 0 spiro atoms. The summed E-state index contributed by atoms with van der Waals surface area (Å²) in [4.78, 5) is 16.0. The first-order chi connectivity index (χ1) is 9.65. The number of carbonyl (C=O) groups is 1. The number of amides is 1. The van der Waals surface area contributed by atoms with E-state index in [1.54, 1.807) is 12.0 Å². The summed E-state index contributed by atoms with van der Waals surface area (Å²) in [5.41, 5.74) is 0.719. The third-order valence-electron chi connectivity index (χ3n) is 4.32. The molecule has 1 fully saturated rings. The summed E-state index contributed by atoms with van der Waals surface area (Å²) in [6.45, 7) is 8.29. The molecule has 1 aromatic rings. The smallest absolute Gasteiger partial charge is 0.254 e. The van der Waals surface area contributed by atoms with Gasteiger partial charge >= 0.3 is 0 Å². The lowest BCUT2D eigenvalue weighted by Crippen LogP contribution is -3.17. The summed E-state index contributed by atoms with van der Waals surface area (Å²) < 4.78 is 5.18. The molecule has 1 aromatic carbocycles. The predicted molar refractivity (Wildman–Crippen MR) is 79.3 cm³/mol. The normalized spacial score (nSPS) is 17.9. The number of carbonyl (C=O) groups excluding carboxylic acids is 1. The summed E-state index contributed by atoms with van der Waals surface area (Å²) in [5.74, 6) is 0.854. The molecule has 0 radical (unpaired) electrons. The SMILES string of the molecule is CC[C@H](C)[NH+]1CCN(C(=O)c2cccc(OC)c2)CC1. The maximum Gasteiger partial charge on any atom is 0.254 e. The van der Waals surface area contributed by atoms with Gasteiger partial charge in [0.15, 0.2) is 0 Å². The second kappa shape index (κ2) is 6.75. The molecular weight excluding hydrogens is 252 g/mol. The Morgan fingerprint density at radius 1 is 1.40 bits per heavy atom. The Morgan fingerprint density at radius 3 is 2.70 bits per heavy atom. The van der Waals surface area contributed by atoms with E-state index in [1.165, 1.54) is 6.42 Å². The first-order valence-corrected chi connectivity index (χ1v) is 7.43. The first-order valence-electron chi connectivity index (χ1n) is 7.43. The van der Waals surface area contributed by atoms with Crippen LogP contribution in [0.1, 0.15) is 30.6 Å². The first kappa shape index (κ1) is 14.9. The highest BCUT2D eigenvalue weighted by atomic mass is 16.5. The van der Waals surface area contributed by atoms with Crippen LogP contribution in [0.5, 0.6) is 5.75 Å². The zero-order valence-electron chi connectivity index (χ0n) is 12.7.